The minimum absolute atomic E-state index is 0.412. The molecule has 0 saturated heterocycles. The molecule has 1 aromatic rings. The van der Waals surface area contributed by atoms with Crippen LogP contribution >= 0.6 is 0 Å². The van der Waals surface area contributed by atoms with E-state index in [9.17, 15) is 5.11 Å². The Bertz CT molecular complexity index is 527. The molecular weight excluding hydrogens is 282 g/mol. The summed E-state index contributed by atoms with van der Waals surface area (Å²) in [4.78, 5) is 4.47. The van der Waals surface area contributed by atoms with Gasteiger partial charge in [-0.2, -0.15) is 0 Å². The van der Waals surface area contributed by atoms with Crippen LogP contribution in [0.4, 0.5) is 5.69 Å². The Balaban J connectivity index is 2.08. The van der Waals surface area contributed by atoms with Crippen molar-refractivity contribution in [3.63, 3.8) is 0 Å². The number of rotatable bonds is 6. The molecule has 6 nitrogen and oxygen atoms in total. The molecule has 0 bridgehead atoms. The van der Waals surface area contributed by atoms with E-state index in [2.05, 4.69) is 15.6 Å². The van der Waals surface area contributed by atoms with Gasteiger partial charge in [-0.15, -0.1) is 0 Å². The summed E-state index contributed by atoms with van der Waals surface area (Å²) in [6, 6.07) is 5.58. The second-order valence-electron chi connectivity index (χ2n) is 5.47. The van der Waals surface area contributed by atoms with E-state index in [0.717, 1.165) is 31.5 Å². The predicted octanol–water partition coefficient (Wildman–Crippen LogP) is 2.00. The molecule has 1 saturated carbocycles. The molecule has 0 aromatic heterocycles. The SMILES string of the molecule is CCNC(=NCC1(O)CCC1)Nc1ccc(OC)c(OC)c1. The van der Waals surface area contributed by atoms with Gasteiger partial charge >= 0.3 is 0 Å². The van der Waals surface area contributed by atoms with Gasteiger partial charge in [0.05, 0.1) is 26.4 Å². The van der Waals surface area contributed by atoms with Crippen molar-refractivity contribution in [2.45, 2.75) is 31.8 Å². The van der Waals surface area contributed by atoms with Crippen LogP contribution in [0.15, 0.2) is 23.2 Å². The molecule has 0 spiro atoms. The van der Waals surface area contributed by atoms with Crippen molar-refractivity contribution in [2.24, 2.45) is 4.99 Å². The first-order valence-electron chi connectivity index (χ1n) is 7.60. The molecule has 22 heavy (non-hydrogen) atoms. The van der Waals surface area contributed by atoms with Crippen LogP contribution in [0.2, 0.25) is 0 Å². The summed E-state index contributed by atoms with van der Waals surface area (Å²) >= 11 is 0. The zero-order valence-electron chi connectivity index (χ0n) is 13.5. The van der Waals surface area contributed by atoms with Gasteiger partial charge < -0.3 is 25.2 Å². The molecule has 2 rings (SSSR count). The Morgan fingerprint density at radius 2 is 2.00 bits per heavy atom. The summed E-state index contributed by atoms with van der Waals surface area (Å²) < 4.78 is 10.5. The lowest BCUT2D eigenvalue weighted by atomic mass is 9.80. The Morgan fingerprint density at radius 3 is 2.55 bits per heavy atom. The first-order valence-corrected chi connectivity index (χ1v) is 7.60. The van der Waals surface area contributed by atoms with Gasteiger partial charge in [-0.1, -0.05) is 0 Å². The minimum Gasteiger partial charge on any atom is -0.493 e. The highest BCUT2D eigenvalue weighted by molar-refractivity contribution is 5.94. The van der Waals surface area contributed by atoms with Crippen molar-refractivity contribution in [3.8, 4) is 11.5 Å². The summed E-state index contributed by atoms with van der Waals surface area (Å²) in [6.07, 6.45) is 2.73. The third kappa shape index (κ3) is 4.04. The Hall–Kier alpha value is -1.95. The van der Waals surface area contributed by atoms with Gasteiger partial charge in [0.2, 0.25) is 0 Å². The number of benzene rings is 1. The van der Waals surface area contributed by atoms with Gasteiger partial charge in [-0.25, -0.2) is 0 Å². The second kappa shape index (κ2) is 7.35. The van der Waals surface area contributed by atoms with Crippen LogP contribution in [0.5, 0.6) is 11.5 Å². The minimum atomic E-state index is -0.625. The summed E-state index contributed by atoms with van der Waals surface area (Å²) in [6.45, 7) is 3.16. The van der Waals surface area contributed by atoms with E-state index in [1.54, 1.807) is 14.2 Å². The monoisotopic (exact) mass is 307 g/mol. The van der Waals surface area contributed by atoms with Crippen molar-refractivity contribution >= 4 is 11.6 Å². The number of aliphatic imine (C=N–C) groups is 1. The molecule has 1 fully saturated rings. The molecule has 122 valence electrons. The Kier molecular flexibility index (Phi) is 5.49. The van der Waals surface area contributed by atoms with E-state index in [1.165, 1.54) is 0 Å². The van der Waals surface area contributed by atoms with Crippen molar-refractivity contribution in [2.75, 3.05) is 32.6 Å². The largest absolute Gasteiger partial charge is 0.493 e. The number of aliphatic hydroxyl groups is 1. The van der Waals surface area contributed by atoms with Crippen molar-refractivity contribution in [3.05, 3.63) is 18.2 Å². The van der Waals surface area contributed by atoms with E-state index < -0.39 is 5.60 Å². The number of nitrogens with one attached hydrogen (secondary N) is 2. The third-order valence-corrected chi connectivity index (χ3v) is 3.81. The first-order chi connectivity index (χ1) is 10.6. The topological polar surface area (TPSA) is 75.1 Å². The second-order valence-corrected chi connectivity index (χ2v) is 5.47. The quantitative estimate of drug-likeness (QED) is 0.553. The van der Waals surface area contributed by atoms with Gasteiger partial charge in [-0.05, 0) is 38.3 Å². The van der Waals surface area contributed by atoms with E-state index in [-0.39, 0.29) is 0 Å². The van der Waals surface area contributed by atoms with Crippen LogP contribution in [0.3, 0.4) is 0 Å². The molecule has 1 aromatic carbocycles. The zero-order chi connectivity index (χ0) is 16.0. The number of nitrogens with zero attached hydrogens (tertiary/aromatic N) is 1. The highest BCUT2D eigenvalue weighted by Gasteiger charge is 2.34. The number of ether oxygens (including phenoxy) is 2. The molecule has 6 heteroatoms. The normalized spacial score (nSPS) is 16.6. The fourth-order valence-corrected chi connectivity index (χ4v) is 2.33. The average Bonchev–Trinajstić information content (AvgIpc) is 2.50. The predicted molar refractivity (Wildman–Crippen MR) is 87.9 cm³/mol. The molecule has 0 unspecified atom stereocenters. The van der Waals surface area contributed by atoms with Crippen LogP contribution < -0.4 is 20.1 Å². The maximum absolute atomic E-state index is 10.1. The van der Waals surface area contributed by atoms with E-state index >= 15 is 0 Å². The Labute approximate surface area is 131 Å². The van der Waals surface area contributed by atoms with Crippen molar-refractivity contribution in [1.29, 1.82) is 0 Å². The smallest absolute Gasteiger partial charge is 0.195 e. The highest BCUT2D eigenvalue weighted by Crippen LogP contribution is 2.32. The average molecular weight is 307 g/mol. The highest BCUT2D eigenvalue weighted by atomic mass is 16.5. The molecule has 1 aliphatic rings. The zero-order valence-corrected chi connectivity index (χ0v) is 13.5. The number of guanidine groups is 1. The summed E-state index contributed by atoms with van der Waals surface area (Å²) in [5, 5.41) is 16.5. The Morgan fingerprint density at radius 1 is 1.27 bits per heavy atom. The number of hydrogen-bond acceptors (Lipinski definition) is 4. The van der Waals surface area contributed by atoms with E-state index in [0.29, 0.717) is 24.0 Å². The van der Waals surface area contributed by atoms with Crippen LogP contribution in [0, 0.1) is 0 Å². The molecule has 0 atom stereocenters. The maximum Gasteiger partial charge on any atom is 0.195 e. The summed E-state index contributed by atoms with van der Waals surface area (Å²) in [5.41, 5.74) is 0.220. The first kappa shape index (κ1) is 16.4. The molecule has 0 aliphatic heterocycles. The summed E-state index contributed by atoms with van der Waals surface area (Å²) in [7, 11) is 3.21. The number of anilines is 1. The maximum atomic E-state index is 10.1. The molecule has 0 heterocycles. The summed E-state index contributed by atoms with van der Waals surface area (Å²) in [5.74, 6) is 1.98. The lowest BCUT2D eigenvalue weighted by Gasteiger charge is -2.35. The van der Waals surface area contributed by atoms with Gasteiger partial charge in [0.1, 0.15) is 0 Å². The van der Waals surface area contributed by atoms with Crippen LogP contribution in [0.25, 0.3) is 0 Å². The van der Waals surface area contributed by atoms with Gasteiger partial charge in [0, 0.05) is 18.3 Å². The molecule has 0 amide bonds. The van der Waals surface area contributed by atoms with Crippen LogP contribution in [-0.2, 0) is 0 Å². The number of methoxy groups -OCH3 is 2. The van der Waals surface area contributed by atoms with E-state index in [1.807, 2.05) is 25.1 Å². The lowest BCUT2D eigenvalue weighted by molar-refractivity contribution is -0.0235. The third-order valence-electron chi connectivity index (χ3n) is 3.81. The fourth-order valence-electron chi connectivity index (χ4n) is 2.33. The fraction of sp³-hybridized carbons (Fsp3) is 0.562. The molecule has 1 aliphatic carbocycles. The van der Waals surface area contributed by atoms with Crippen LogP contribution in [-0.4, -0.2) is 44.0 Å². The number of hydrogen-bond donors (Lipinski definition) is 3. The molecular formula is C16H25N3O3. The van der Waals surface area contributed by atoms with Gasteiger partial charge in [0.25, 0.3) is 0 Å². The van der Waals surface area contributed by atoms with Crippen molar-refractivity contribution in [1.82, 2.24) is 5.32 Å². The lowest BCUT2D eigenvalue weighted by Crippen LogP contribution is -2.41. The standard InChI is InChI=1S/C16H25N3O3/c1-4-17-15(18-11-16(20)8-5-9-16)19-12-6-7-13(21-2)14(10-12)22-3/h6-7,10,20H,4-5,8-9,11H2,1-3H3,(H2,17,18,19). The molecule has 0 radical (unpaired) electrons. The van der Waals surface area contributed by atoms with E-state index in [4.69, 9.17) is 9.47 Å². The van der Waals surface area contributed by atoms with Gasteiger partial charge in [0.15, 0.2) is 17.5 Å². The van der Waals surface area contributed by atoms with Gasteiger partial charge in [-0.3, -0.25) is 4.99 Å². The van der Waals surface area contributed by atoms with Crippen molar-refractivity contribution < 1.29 is 14.6 Å². The van der Waals surface area contributed by atoms with Crippen LogP contribution in [0.1, 0.15) is 26.2 Å². The molecule has 3 N–H and O–H groups in total.